The summed E-state index contributed by atoms with van der Waals surface area (Å²) in [4.78, 5) is 0. The van der Waals surface area contributed by atoms with E-state index < -0.39 is 0 Å². The van der Waals surface area contributed by atoms with Gasteiger partial charge >= 0.3 is 0 Å². The fraction of sp³-hybridized carbons (Fsp3) is 0.111. The van der Waals surface area contributed by atoms with E-state index in [1.807, 2.05) is 36.4 Å². The minimum absolute atomic E-state index is 0.590. The highest BCUT2D eigenvalue weighted by atomic mass is 79.9. The van der Waals surface area contributed by atoms with E-state index in [2.05, 4.69) is 15.9 Å². The van der Waals surface area contributed by atoms with Crippen LogP contribution < -0.4 is 5.73 Å². The van der Waals surface area contributed by atoms with Crippen LogP contribution in [0.2, 0.25) is 0 Å². The smallest absolute Gasteiger partial charge is 0.0181 e. The van der Waals surface area contributed by atoms with Gasteiger partial charge in [-0.2, -0.15) is 0 Å². The first kappa shape index (κ1) is 8.50. The lowest BCUT2D eigenvalue weighted by atomic mass is 10.2. The van der Waals surface area contributed by atoms with Crippen LogP contribution in [0.5, 0.6) is 0 Å². The van der Waals surface area contributed by atoms with E-state index in [0.29, 0.717) is 6.54 Å². The molecule has 0 atom stereocenters. The van der Waals surface area contributed by atoms with E-state index in [0.717, 1.165) is 4.47 Å². The molecule has 0 aromatic heterocycles. The van der Waals surface area contributed by atoms with E-state index in [1.54, 1.807) is 0 Å². The van der Waals surface area contributed by atoms with E-state index in [9.17, 15) is 0 Å². The van der Waals surface area contributed by atoms with Gasteiger partial charge < -0.3 is 5.73 Å². The number of rotatable bonds is 2. The van der Waals surface area contributed by atoms with Gasteiger partial charge in [0.05, 0.1) is 0 Å². The van der Waals surface area contributed by atoms with Crippen LogP contribution in [0.15, 0.2) is 34.8 Å². The Hall–Kier alpha value is -0.600. The molecule has 2 N–H and O–H groups in total. The fourth-order valence-electron chi connectivity index (χ4n) is 0.814. The van der Waals surface area contributed by atoms with Crippen molar-refractivity contribution in [3.8, 4) is 0 Å². The van der Waals surface area contributed by atoms with Crippen LogP contribution in [0.3, 0.4) is 0 Å². The third-order valence-corrected chi connectivity index (χ3v) is 1.79. The summed E-state index contributed by atoms with van der Waals surface area (Å²) in [5, 5.41) is 0. The molecule has 0 radical (unpaired) electrons. The van der Waals surface area contributed by atoms with Gasteiger partial charge in [0.15, 0.2) is 0 Å². The Kier molecular flexibility index (Phi) is 3.33. The van der Waals surface area contributed by atoms with Gasteiger partial charge in [-0.3, -0.25) is 0 Å². The van der Waals surface area contributed by atoms with Crippen molar-refractivity contribution in [3.05, 3.63) is 40.4 Å². The number of hydrogen-bond acceptors (Lipinski definition) is 1. The van der Waals surface area contributed by atoms with Gasteiger partial charge in [0, 0.05) is 11.0 Å². The summed E-state index contributed by atoms with van der Waals surface area (Å²) < 4.78 is 1.09. The molecule has 0 aliphatic rings. The topological polar surface area (TPSA) is 26.0 Å². The highest BCUT2D eigenvalue weighted by molar-refractivity contribution is 9.10. The lowest BCUT2D eigenvalue weighted by Crippen LogP contribution is -1.91. The molecule has 1 aromatic rings. The highest BCUT2D eigenvalue weighted by Gasteiger charge is 1.86. The molecule has 1 nitrogen and oxygen atoms in total. The van der Waals surface area contributed by atoms with Crippen molar-refractivity contribution in [3.63, 3.8) is 0 Å². The van der Waals surface area contributed by atoms with Gasteiger partial charge in [-0.25, -0.2) is 0 Å². The average Bonchev–Trinajstić information content (AvgIpc) is 2.01. The maximum atomic E-state index is 5.32. The van der Waals surface area contributed by atoms with Crippen molar-refractivity contribution >= 4 is 22.0 Å². The fourth-order valence-corrected chi connectivity index (χ4v) is 1.23. The Bertz CT molecular complexity index is 255. The molecular weight excluding hydrogens is 202 g/mol. The molecule has 0 spiro atoms. The van der Waals surface area contributed by atoms with Crippen molar-refractivity contribution in [2.24, 2.45) is 5.73 Å². The summed E-state index contributed by atoms with van der Waals surface area (Å²) in [6.45, 7) is 0.590. The Balaban J connectivity index is 2.79. The predicted octanol–water partition coefficient (Wildman–Crippen LogP) is 2.42. The van der Waals surface area contributed by atoms with Gasteiger partial charge in [0.25, 0.3) is 0 Å². The SMILES string of the molecule is NCC=Cc1cccc(Br)c1. The second-order valence-corrected chi connectivity index (χ2v) is 3.11. The summed E-state index contributed by atoms with van der Waals surface area (Å²) in [5.41, 5.74) is 6.49. The maximum absolute atomic E-state index is 5.32. The first-order valence-electron chi connectivity index (χ1n) is 3.45. The number of halogens is 1. The molecule has 58 valence electrons. The molecule has 0 fully saturated rings. The highest BCUT2D eigenvalue weighted by Crippen LogP contribution is 2.12. The van der Waals surface area contributed by atoms with Gasteiger partial charge in [-0.15, -0.1) is 0 Å². The van der Waals surface area contributed by atoms with E-state index in [1.165, 1.54) is 5.56 Å². The molecule has 0 unspecified atom stereocenters. The molecule has 11 heavy (non-hydrogen) atoms. The van der Waals surface area contributed by atoms with Gasteiger partial charge in [-0.05, 0) is 17.7 Å². The van der Waals surface area contributed by atoms with Crippen molar-refractivity contribution in [1.82, 2.24) is 0 Å². The van der Waals surface area contributed by atoms with Crippen molar-refractivity contribution < 1.29 is 0 Å². The van der Waals surface area contributed by atoms with Gasteiger partial charge in [0.2, 0.25) is 0 Å². The number of hydrogen-bond donors (Lipinski definition) is 1. The molecule has 1 aromatic carbocycles. The first-order chi connectivity index (χ1) is 5.33. The zero-order chi connectivity index (χ0) is 8.10. The molecule has 0 aliphatic heterocycles. The predicted molar refractivity (Wildman–Crippen MR) is 52.2 cm³/mol. The molecular formula is C9H10BrN. The summed E-state index contributed by atoms with van der Waals surface area (Å²) in [6, 6.07) is 8.09. The number of benzene rings is 1. The van der Waals surface area contributed by atoms with Crippen LogP contribution in [0, 0.1) is 0 Å². The third kappa shape index (κ3) is 2.87. The van der Waals surface area contributed by atoms with Crippen molar-refractivity contribution in [1.29, 1.82) is 0 Å². The van der Waals surface area contributed by atoms with Gasteiger partial charge in [0.1, 0.15) is 0 Å². The molecule has 0 aliphatic carbocycles. The lowest BCUT2D eigenvalue weighted by Gasteiger charge is -1.92. The molecule has 0 heterocycles. The average molecular weight is 212 g/mol. The van der Waals surface area contributed by atoms with Crippen LogP contribution in [-0.4, -0.2) is 6.54 Å². The quantitative estimate of drug-likeness (QED) is 0.800. The molecule has 0 saturated heterocycles. The van der Waals surface area contributed by atoms with Crippen molar-refractivity contribution in [2.75, 3.05) is 6.54 Å². The zero-order valence-corrected chi connectivity index (χ0v) is 7.71. The monoisotopic (exact) mass is 211 g/mol. The molecule has 0 bridgehead atoms. The molecule has 0 saturated carbocycles. The third-order valence-electron chi connectivity index (χ3n) is 1.30. The Morgan fingerprint density at radius 3 is 2.91 bits per heavy atom. The van der Waals surface area contributed by atoms with Crippen LogP contribution in [-0.2, 0) is 0 Å². The second-order valence-electron chi connectivity index (χ2n) is 2.19. The maximum Gasteiger partial charge on any atom is 0.0181 e. The lowest BCUT2D eigenvalue weighted by molar-refractivity contribution is 1.26. The minimum Gasteiger partial charge on any atom is -0.327 e. The standard InChI is InChI=1S/C9H10BrN/c10-9-5-1-3-8(7-9)4-2-6-11/h1-5,7H,6,11H2. The van der Waals surface area contributed by atoms with Crippen LogP contribution in [0.1, 0.15) is 5.56 Å². The van der Waals surface area contributed by atoms with Crippen LogP contribution in [0.25, 0.3) is 6.08 Å². The number of nitrogens with two attached hydrogens (primary N) is 1. The van der Waals surface area contributed by atoms with E-state index in [4.69, 9.17) is 5.73 Å². The summed E-state index contributed by atoms with van der Waals surface area (Å²) in [7, 11) is 0. The second kappa shape index (κ2) is 4.31. The first-order valence-corrected chi connectivity index (χ1v) is 4.24. The Morgan fingerprint density at radius 2 is 2.27 bits per heavy atom. The largest absolute Gasteiger partial charge is 0.327 e. The molecule has 1 rings (SSSR count). The van der Waals surface area contributed by atoms with E-state index >= 15 is 0 Å². The van der Waals surface area contributed by atoms with Crippen LogP contribution >= 0.6 is 15.9 Å². The summed E-state index contributed by atoms with van der Waals surface area (Å²) in [5.74, 6) is 0. The summed E-state index contributed by atoms with van der Waals surface area (Å²) in [6.07, 6.45) is 3.94. The normalized spacial score (nSPS) is 10.7. The molecule has 0 amide bonds. The minimum atomic E-state index is 0.590. The van der Waals surface area contributed by atoms with Gasteiger partial charge in [-0.1, -0.05) is 40.2 Å². The molecule has 2 heteroatoms. The van der Waals surface area contributed by atoms with E-state index in [-0.39, 0.29) is 0 Å². The van der Waals surface area contributed by atoms with Crippen molar-refractivity contribution in [2.45, 2.75) is 0 Å². The van der Waals surface area contributed by atoms with Crippen LogP contribution in [0.4, 0.5) is 0 Å². The Labute approximate surface area is 75.0 Å². The summed E-state index contributed by atoms with van der Waals surface area (Å²) >= 11 is 3.39. The zero-order valence-electron chi connectivity index (χ0n) is 6.13. The Morgan fingerprint density at radius 1 is 1.45 bits per heavy atom.